The predicted molar refractivity (Wildman–Crippen MR) is 172 cm³/mol. The molecule has 5 rings (SSSR count). The standard InChI is InChI=1S/C20H22FNO5S.C13H16FNO5S/c1-26-19(23)20(15-27-14-16-6-3-2-4-7-16)12-5-13-22(20)28(24,25)18-10-8-17(21)9-11-18;1-20-12(17)13(9-16)7-2-8-15(13)21(18,19)11-5-3-10(14)4-6-11/h2-4,6-11H,5,12-15H2,1H3;3-6,16H,2,7-9H2,1H3/t20-;13-/m11/s1. The molecule has 0 unspecified atom stereocenters. The van der Waals surface area contributed by atoms with Gasteiger partial charge in [-0.15, -0.1) is 0 Å². The van der Waals surface area contributed by atoms with Gasteiger partial charge in [-0.3, -0.25) is 0 Å². The Hall–Kier alpha value is -3.80. The average Bonchev–Trinajstić information content (AvgIpc) is 3.76. The summed E-state index contributed by atoms with van der Waals surface area (Å²) in [5, 5.41) is 9.58. The third-order valence-corrected chi connectivity index (χ3v) is 12.5. The van der Waals surface area contributed by atoms with Crippen molar-refractivity contribution in [2.24, 2.45) is 0 Å². The molecule has 12 nitrogen and oxygen atoms in total. The molecule has 0 amide bonds. The minimum Gasteiger partial charge on any atom is -0.468 e. The van der Waals surface area contributed by atoms with Crippen molar-refractivity contribution < 1.29 is 54.5 Å². The quantitative estimate of drug-likeness (QED) is 0.291. The summed E-state index contributed by atoms with van der Waals surface area (Å²) in [5.41, 5.74) is -2.15. The molecule has 0 aromatic heterocycles. The highest BCUT2D eigenvalue weighted by molar-refractivity contribution is 7.89. The Balaban J connectivity index is 0.000000230. The lowest BCUT2D eigenvalue weighted by Gasteiger charge is -2.34. The number of carbonyl (C=O) groups is 2. The van der Waals surface area contributed by atoms with E-state index in [1.165, 1.54) is 19.2 Å². The molecule has 266 valence electrons. The number of rotatable bonds is 11. The van der Waals surface area contributed by atoms with Crippen LogP contribution in [0.1, 0.15) is 31.2 Å². The normalized spacial score (nSPS) is 21.5. The largest absolute Gasteiger partial charge is 0.468 e. The molecule has 1 N–H and O–H groups in total. The van der Waals surface area contributed by atoms with E-state index in [0.717, 1.165) is 57.7 Å². The smallest absolute Gasteiger partial charge is 0.329 e. The Morgan fingerprint density at radius 1 is 0.714 bits per heavy atom. The van der Waals surface area contributed by atoms with Crippen LogP contribution in [0, 0.1) is 11.6 Å². The summed E-state index contributed by atoms with van der Waals surface area (Å²) < 4.78 is 95.1. The Morgan fingerprint density at radius 3 is 1.59 bits per heavy atom. The first-order valence-corrected chi connectivity index (χ1v) is 18.1. The van der Waals surface area contributed by atoms with Gasteiger partial charge in [0, 0.05) is 13.1 Å². The summed E-state index contributed by atoms with van der Waals surface area (Å²) in [6.45, 7) is -0.308. The maximum absolute atomic E-state index is 13.2. The van der Waals surface area contributed by atoms with Crippen molar-refractivity contribution in [3.05, 3.63) is 96.1 Å². The molecule has 0 aliphatic carbocycles. The van der Waals surface area contributed by atoms with Crippen LogP contribution in [-0.4, -0.2) is 94.1 Å². The monoisotopic (exact) mass is 724 g/mol. The summed E-state index contributed by atoms with van der Waals surface area (Å²) in [6, 6.07) is 18.2. The number of halogens is 2. The van der Waals surface area contributed by atoms with Gasteiger partial charge in [-0.1, -0.05) is 30.3 Å². The molecule has 0 radical (unpaired) electrons. The Morgan fingerprint density at radius 2 is 1.14 bits per heavy atom. The molecule has 49 heavy (non-hydrogen) atoms. The first-order chi connectivity index (χ1) is 23.3. The Bertz CT molecular complexity index is 1810. The van der Waals surface area contributed by atoms with Crippen molar-refractivity contribution >= 4 is 32.0 Å². The second-order valence-corrected chi connectivity index (χ2v) is 15.2. The fourth-order valence-corrected chi connectivity index (χ4v) is 9.57. The van der Waals surface area contributed by atoms with Crippen molar-refractivity contribution in [2.75, 3.05) is 40.5 Å². The summed E-state index contributed by atoms with van der Waals surface area (Å²) in [6.07, 6.45) is 1.38. The van der Waals surface area contributed by atoms with Gasteiger partial charge in [-0.05, 0) is 79.8 Å². The summed E-state index contributed by atoms with van der Waals surface area (Å²) in [7, 11) is -5.69. The van der Waals surface area contributed by atoms with Crippen molar-refractivity contribution in [3.8, 4) is 0 Å². The fraction of sp³-hybridized carbons (Fsp3) is 0.394. The number of carbonyl (C=O) groups excluding carboxylic acids is 2. The Kier molecular flexibility index (Phi) is 12.3. The van der Waals surface area contributed by atoms with Crippen LogP contribution in [0.3, 0.4) is 0 Å². The SMILES string of the molecule is COC(=O)[C@]1(CO)CCCN1S(=O)(=O)c1ccc(F)cc1.COC(=O)[C@]1(COCc2ccccc2)CCCN1S(=O)(=O)c1ccc(F)cc1. The molecule has 0 spiro atoms. The molecule has 0 bridgehead atoms. The third-order valence-electron chi connectivity index (χ3n) is 8.51. The second kappa shape index (κ2) is 15.8. The van der Waals surface area contributed by atoms with Gasteiger partial charge in [0.05, 0.1) is 43.8 Å². The number of benzene rings is 3. The lowest BCUT2D eigenvalue weighted by molar-refractivity contribution is -0.155. The van der Waals surface area contributed by atoms with Crippen molar-refractivity contribution in [2.45, 2.75) is 53.2 Å². The summed E-state index contributed by atoms with van der Waals surface area (Å²) in [4.78, 5) is 24.4. The third kappa shape index (κ3) is 7.84. The van der Waals surface area contributed by atoms with E-state index in [-0.39, 0.29) is 48.9 Å². The summed E-state index contributed by atoms with van der Waals surface area (Å²) >= 11 is 0. The van der Waals surface area contributed by atoms with Gasteiger partial charge < -0.3 is 19.3 Å². The molecule has 2 saturated heterocycles. The molecular weight excluding hydrogens is 686 g/mol. The van der Waals surface area contributed by atoms with Crippen LogP contribution < -0.4 is 0 Å². The van der Waals surface area contributed by atoms with Gasteiger partial charge in [0.2, 0.25) is 20.0 Å². The van der Waals surface area contributed by atoms with Crippen LogP contribution in [0.4, 0.5) is 8.78 Å². The van der Waals surface area contributed by atoms with E-state index in [2.05, 4.69) is 4.74 Å². The molecule has 2 aliphatic heterocycles. The zero-order chi connectivity index (χ0) is 35.9. The molecular formula is C33H38F2N2O10S2. The number of esters is 2. The van der Waals surface area contributed by atoms with E-state index in [0.29, 0.717) is 12.8 Å². The van der Waals surface area contributed by atoms with Crippen molar-refractivity contribution in [3.63, 3.8) is 0 Å². The first-order valence-electron chi connectivity index (χ1n) is 15.2. The van der Waals surface area contributed by atoms with Crippen LogP contribution in [0.5, 0.6) is 0 Å². The number of ether oxygens (including phenoxy) is 3. The minimum atomic E-state index is -4.03. The molecule has 3 aromatic rings. The van der Waals surface area contributed by atoms with Gasteiger partial charge in [0.1, 0.15) is 11.6 Å². The maximum atomic E-state index is 13.2. The van der Waals surface area contributed by atoms with Crippen molar-refractivity contribution in [1.29, 1.82) is 0 Å². The van der Waals surface area contributed by atoms with Gasteiger partial charge >= 0.3 is 11.9 Å². The number of sulfonamides is 2. The molecule has 2 atom stereocenters. The van der Waals surface area contributed by atoms with E-state index in [9.17, 15) is 40.3 Å². The molecule has 2 aliphatic rings. The van der Waals surface area contributed by atoms with Gasteiger partial charge in [-0.25, -0.2) is 35.2 Å². The Labute approximate surface area is 284 Å². The minimum absolute atomic E-state index is 0.0767. The average molecular weight is 725 g/mol. The molecule has 3 aromatic carbocycles. The highest BCUT2D eigenvalue weighted by Gasteiger charge is 2.55. The first kappa shape index (κ1) is 38.0. The molecule has 2 heterocycles. The lowest BCUT2D eigenvalue weighted by Crippen LogP contribution is -2.56. The number of hydrogen-bond donors (Lipinski definition) is 1. The number of aliphatic hydroxyl groups is 1. The number of methoxy groups -OCH3 is 2. The van der Waals surface area contributed by atoms with E-state index >= 15 is 0 Å². The summed E-state index contributed by atoms with van der Waals surface area (Å²) in [5.74, 6) is -2.56. The number of aliphatic hydroxyl groups excluding tert-OH is 1. The maximum Gasteiger partial charge on any atom is 0.329 e. The zero-order valence-electron chi connectivity index (χ0n) is 27.0. The molecule has 16 heteroatoms. The predicted octanol–water partition coefficient (Wildman–Crippen LogP) is 3.25. The van der Waals surface area contributed by atoms with Gasteiger partial charge in [-0.2, -0.15) is 8.61 Å². The van der Waals surface area contributed by atoms with E-state index < -0.39 is 61.3 Å². The molecule has 0 saturated carbocycles. The van der Waals surface area contributed by atoms with E-state index in [4.69, 9.17) is 9.47 Å². The number of nitrogens with zero attached hydrogens (tertiary/aromatic N) is 2. The van der Waals surface area contributed by atoms with Crippen LogP contribution >= 0.6 is 0 Å². The van der Waals surface area contributed by atoms with Crippen LogP contribution in [-0.2, 0) is 50.5 Å². The highest BCUT2D eigenvalue weighted by Crippen LogP contribution is 2.37. The van der Waals surface area contributed by atoms with Gasteiger partial charge in [0.25, 0.3) is 0 Å². The lowest BCUT2D eigenvalue weighted by atomic mass is 9.99. The zero-order valence-corrected chi connectivity index (χ0v) is 28.6. The van der Waals surface area contributed by atoms with Crippen molar-refractivity contribution in [1.82, 2.24) is 8.61 Å². The fourth-order valence-electron chi connectivity index (χ4n) is 6.00. The number of hydrogen-bond acceptors (Lipinski definition) is 10. The van der Waals surface area contributed by atoms with Crippen LogP contribution in [0.2, 0.25) is 0 Å². The topological polar surface area (TPSA) is 157 Å². The van der Waals surface area contributed by atoms with Crippen LogP contribution in [0.25, 0.3) is 0 Å². The van der Waals surface area contributed by atoms with Crippen LogP contribution in [0.15, 0.2) is 88.7 Å². The second-order valence-electron chi connectivity index (χ2n) is 11.5. The van der Waals surface area contributed by atoms with E-state index in [1.54, 1.807) is 0 Å². The highest BCUT2D eigenvalue weighted by atomic mass is 32.2. The van der Waals surface area contributed by atoms with Gasteiger partial charge in [0.15, 0.2) is 11.1 Å². The molecule has 2 fully saturated rings. The van der Waals surface area contributed by atoms with E-state index in [1.807, 2.05) is 30.3 Å².